The van der Waals surface area contributed by atoms with Crippen LogP contribution in [0.25, 0.3) is 31.3 Å². The molecule has 0 bridgehead atoms. The molecule has 1 aromatic heterocycles. The van der Waals surface area contributed by atoms with Gasteiger partial charge >= 0.3 is 6.85 Å². The van der Waals surface area contributed by atoms with Crippen molar-refractivity contribution in [3.8, 4) is 11.1 Å². The van der Waals surface area contributed by atoms with E-state index in [0.717, 1.165) is 0 Å². The SMILES string of the molecule is Cc1cc2c3c(c1)N(c1cc4c(cc1C)C(C)(C)CCC4(C)C)c1cc4c(cc1B3N(c1ccc3c(c1)C(C)(C)CCC3(C)C)c1cc3c(cc1-2)C(C)(C)CCC3(C)C)sc1ccccc14. The lowest BCUT2D eigenvalue weighted by Crippen LogP contribution is -2.61. The van der Waals surface area contributed by atoms with Crippen molar-refractivity contribution >= 4 is 77.7 Å². The maximum absolute atomic E-state index is 2.83. The van der Waals surface area contributed by atoms with Crippen LogP contribution in [0.15, 0.2) is 91.0 Å². The largest absolute Gasteiger partial charge is 0.376 e. The van der Waals surface area contributed by atoms with E-state index in [2.05, 4.69) is 198 Å². The number of hydrogen-bond donors (Lipinski definition) is 0. The number of benzene rings is 6. The average molecular weight is 885 g/mol. The first-order valence-corrected chi connectivity index (χ1v) is 26.0. The molecule has 336 valence electrons. The van der Waals surface area contributed by atoms with E-state index in [1.807, 2.05) is 11.3 Å². The third-order valence-electron chi connectivity index (χ3n) is 18.2. The minimum atomic E-state index is -0.0344. The molecule has 0 radical (unpaired) electrons. The Morgan fingerprint density at radius 1 is 0.439 bits per heavy atom. The molecule has 6 aromatic carbocycles. The molecule has 0 unspecified atom stereocenters. The Labute approximate surface area is 399 Å². The maximum Gasteiger partial charge on any atom is 0.333 e. The van der Waals surface area contributed by atoms with E-state index < -0.39 is 0 Å². The Morgan fingerprint density at radius 3 is 1.62 bits per heavy atom. The highest BCUT2D eigenvalue weighted by Crippen LogP contribution is 2.56. The highest BCUT2D eigenvalue weighted by atomic mass is 32.1. The molecule has 66 heavy (non-hydrogen) atoms. The molecule has 0 N–H and O–H groups in total. The molecule has 0 fully saturated rings. The highest BCUT2D eigenvalue weighted by molar-refractivity contribution is 7.26. The van der Waals surface area contributed by atoms with Gasteiger partial charge in [0.05, 0.1) is 0 Å². The number of rotatable bonds is 2. The van der Waals surface area contributed by atoms with Gasteiger partial charge in [0.25, 0.3) is 0 Å². The van der Waals surface area contributed by atoms with E-state index >= 15 is 0 Å². The molecule has 5 aliphatic rings. The zero-order chi connectivity index (χ0) is 46.4. The van der Waals surface area contributed by atoms with Gasteiger partial charge in [0.2, 0.25) is 0 Å². The molecule has 12 rings (SSSR count). The molecule has 3 aliphatic carbocycles. The molecular formula is C62H69BN2S. The third-order valence-corrected chi connectivity index (χ3v) is 19.3. The van der Waals surface area contributed by atoms with E-state index in [4.69, 9.17) is 0 Å². The Balaban J connectivity index is 1.23. The molecule has 0 saturated carbocycles. The van der Waals surface area contributed by atoms with Crippen molar-refractivity contribution in [2.75, 3.05) is 9.71 Å². The lowest BCUT2D eigenvalue weighted by atomic mass is 9.43. The molecule has 4 heteroatoms. The van der Waals surface area contributed by atoms with E-state index in [1.165, 1.54) is 154 Å². The van der Waals surface area contributed by atoms with Gasteiger partial charge in [0.15, 0.2) is 0 Å². The fraction of sp³-hybridized carbons (Fsp3) is 0.419. The van der Waals surface area contributed by atoms with Crippen molar-refractivity contribution in [3.05, 3.63) is 136 Å². The normalized spacial score (nSPS) is 20.8. The van der Waals surface area contributed by atoms with Crippen LogP contribution in [0.4, 0.5) is 28.4 Å². The standard InChI is InChI=1S/C62H69BN2S/c1-36-27-42-40-31-46-48(62(13,14)26-24-60(46,9)10)34-51(40)65(38-19-20-43-45(30-38)59(7,8)22-21-57(43,3)4)63-49-35-55-41(39-17-15-16-18-54(39)66-55)32-52(49)64(53(28-36)56(42)63)50-33-47-44(29-37(50)2)58(5,6)23-25-61(47,11)12/h15-20,27-35H,21-26H2,1-14H3. The fourth-order valence-corrected chi connectivity index (χ4v) is 14.7. The van der Waals surface area contributed by atoms with Crippen molar-refractivity contribution in [2.24, 2.45) is 0 Å². The first-order chi connectivity index (χ1) is 31.0. The summed E-state index contributed by atoms with van der Waals surface area (Å²) >= 11 is 1.95. The smallest absolute Gasteiger partial charge is 0.333 e. The zero-order valence-corrected chi connectivity index (χ0v) is 43.1. The summed E-state index contributed by atoms with van der Waals surface area (Å²) < 4.78 is 2.72. The number of nitrogens with zero attached hydrogens (tertiary/aromatic N) is 2. The van der Waals surface area contributed by atoms with Gasteiger partial charge in [-0.15, -0.1) is 11.3 Å². The quantitative estimate of drug-likeness (QED) is 0.160. The minimum Gasteiger partial charge on any atom is -0.376 e. The number of anilines is 5. The second-order valence-corrected chi connectivity index (χ2v) is 26.6. The molecular weight excluding hydrogens is 816 g/mol. The molecule has 0 saturated heterocycles. The van der Waals surface area contributed by atoms with Gasteiger partial charge in [-0.1, -0.05) is 119 Å². The van der Waals surface area contributed by atoms with Crippen molar-refractivity contribution in [1.29, 1.82) is 0 Å². The van der Waals surface area contributed by atoms with E-state index in [0.29, 0.717) is 0 Å². The van der Waals surface area contributed by atoms with Crippen molar-refractivity contribution < 1.29 is 0 Å². The van der Waals surface area contributed by atoms with E-state index in [-0.39, 0.29) is 39.3 Å². The summed E-state index contributed by atoms with van der Waals surface area (Å²) in [6.07, 6.45) is 7.17. The summed E-state index contributed by atoms with van der Waals surface area (Å²) in [4.78, 5) is 5.55. The van der Waals surface area contributed by atoms with Crippen LogP contribution in [0.3, 0.4) is 0 Å². The van der Waals surface area contributed by atoms with Gasteiger partial charge in [0.1, 0.15) is 0 Å². The topological polar surface area (TPSA) is 6.48 Å². The second-order valence-electron chi connectivity index (χ2n) is 25.5. The summed E-state index contributed by atoms with van der Waals surface area (Å²) in [6.45, 7) is 34.5. The van der Waals surface area contributed by atoms with Crippen LogP contribution in [0.1, 0.15) is 166 Å². The first kappa shape index (κ1) is 42.6. The summed E-state index contributed by atoms with van der Waals surface area (Å²) in [7, 11) is 0. The van der Waals surface area contributed by atoms with Crippen molar-refractivity contribution in [2.45, 2.75) is 168 Å². The van der Waals surface area contributed by atoms with Crippen molar-refractivity contribution in [1.82, 2.24) is 0 Å². The summed E-state index contributed by atoms with van der Waals surface area (Å²) in [6, 6.07) is 37.6. The Bertz CT molecular complexity index is 3260. The van der Waals surface area contributed by atoms with Gasteiger partial charge in [-0.3, -0.25) is 0 Å². The molecule has 7 aromatic rings. The van der Waals surface area contributed by atoms with Crippen LogP contribution < -0.4 is 20.6 Å². The lowest BCUT2D eigenvalue weighted by molar-refractivity contribution is 0.332. The molecule has 0 spiro atoms. The average Bonchev–Trinajstić information content (AvgIpc) is 3.62. The lowest BCUT2D eigenvalue weighted by Gasteiger charge is -2.49. The maximum atomic E-state index is 2.83. The summed E-state index contributed by atoms with van der Waals surface area (Å²) in [5.74, 6) is 0. The first-order valence-electron chi connectivity index (χ1n) is 25.2. The number of thiophene rings is 1. The van der Waals surface area contributed by atoms with Crippen LogP contribution in [0.5, 0.6) is 0 Å². The van der Waals surface area contributed by atoms with Gasteiger partial charge < -0.3 is 9.71 Å². The van der Waals surface area contributed by atoms with Gasteiger partial charge in [0, 0.05) is 54.2 Å². The molecule has 0 atom stereocenters. The fourth-order valence-electron chi connectivity index (χ4n) is 13.6. The minimum absolute atomic E-state index is 0.0344. The number of aryl methyl sites for hydroxylation is 2. The Morgan fingerprint density at radius 2 is 0.985 bits per heavy atom. The van der Waals surface area contributed by atoms with Crippen LogP contribution in [-0.2, 0) is 32.5 Å². The molecule has 2 aliphatic heterocycles. The van der Waals surface area contributed by atoms with E-state index in [1.54, 1.807) is 0 Å². The predicted octanol–water partition coefficient (Wildman–Crippen LogP) is 16.4. The van der Waals surface area contributed by atoms with Crippen LogP contribution in [-0.4, -0.2) is 6.85 Å². The molecule has 2 nitrogen and oxygen atoms in total. The predicted molar refractivity (Wildman–Crippen MR) is 288 cm³/mol. The number of hydrogen-bond acceptors (Lipinski definition) is 3. The Kier molecular flexibility index (Phi) is 8.68. The Hall–Kier alpha value is -4.80. The second kappa shape index (κ2) is 13.5. The highest BCUT2D eigenvalue weighted by Gasteiger charge is 2.49. The van der Waals surface area contributed by atoms with Crippen LogP contribution in [0.2, 0.25) is 0 Å². The van der Waals surface area contributed by atoms with Gasteiger partial charge in [-0.25, -0.2) is 0 Å². The molecule has 0 amide bonds. The van der Waals surface area contributed by atoms with Crippen LogP contribution in [0, 0.1) is 13.8 Å². The van der Waals surface area contributed by atoms with Crippen molar-refractivity contribution in [3.63, 3.8) is 0 Å². The van der Waals surface area contributed by atoms with Gasteiger partial charge in [-0.05, 0) is 200 Å². The number of fused-ring (bicyclic) bond motifs is 10. The van der Waals surface area contributed by atoms with E-state index in [9.17, 15) is 0 Å². The summed E-state index contributed by atoms with van der Waals surface area (Å²) in [5.41, 5.74) is 24.6. The van der Waals surface area contributed by atoms with Gasteiger partial charge in [-0.2, -0.15) is 0 Å². The third kappa shape index (κ3) is 5.91. The molecule has 3 heterocycles. The zero-order valence-electron chi connectivity index (χ0n) is 42.3. The monoisotopic (exact) mass is 885 g/mol. The van der Waals surface area contributed by atoms with Crippen LogP contribution >= 0.6 is 11.3 Å². The summed E-state index contributed by atoms with van der Waals surface area (Å²) in [5, 5.41) is 2.70.